The van der Waals surface area contributed by atoms with E-state index in [4.69, 9.17) is 22.2 Å². The number of fused-ring (bicyclic) bond motifs is 1. The summed E-state index contributed by atoms with van der Waals surface area (Å²) < 4.78 is 0. The van der Waals surface area contributed by atoms with Crippen LogP contribution in [0.2, 0.25) is 0 Å². The molecule has 0 bridgehead atoms. The Kier molecular flexibility index (Phi) is 6.90. The van der Waals surface area contributed by atoms with Gasteiger partial charge in [0.05, 0.1) is 0 Å². The molecule has 0 unspecified atom stereocenters. The summed E-state index contributed by atoms with van der Waals surface area (Å²) >= 11 is 5.58. The zero-order valence-corrected chi connectivity index (χ0v) is 20.5. The van der Waals surface area contributed by atoms with Gasteiger partial charge in [0.1, 0.15) is 11.6 Å². The van der Waals surface area contributed by atoms with Gasteiger partial charge in [0.2, 0.25) is 5.95 Å². The molecule has 7 heteroatoms. The molecule has 0 amide bonds. The number of piperidine rings is 1. The van der Waals surface area contributed by atoms with Crippen molar-refractivity contribution >= 4 is 34.9 Å². The predicted octanol–water partition coefficient (Wildman–Crippen LogP) is 4.76. The van der Waals surface area contributed by atoms with Gasteiger partial charge in [-0.05, 0) is 54.1 Å². The van der Waals surface area contributed by atoms with Crippen molar-refractivity contribution in [1.82, 2.24) is 15.3 Å². The van der Waals surface area contributed by atoms with Crippen molar-refractivity contribution in [3.8, 4) is 0 Å². The van der Waals surface area contributed by atoms with Crippen molar-refractivity contribution in [3.63, 3.8) is 0 Å². The van der Waals surface area contributed by atoms with Crippen LogP contribution in [0.3, 0.4) is 0 Å². The molecule has 2 aliphatic rings. The fraction of sp³-hybridized carbons (Fsp3) is 0.370. The average molecular weight is 473 g/mol. The van der Waals surface area contributed by atoms with Crippen LogP contribution in [0, 0.1) is 5.92 Å². The van der Waals surface area contributed by atoms with Gasteiger partial charge in [-0.25, -0.2) is 0 Å². The van der Waals surface area contributed by atoms with Gasteiger partial charge < -0.3 is 20.4 Å². The maximum Gasteiger partial charge on any atom is 0.232 e. The summed E-state index contributed by atoms with van der Waals surface area (Å²) in [6.45, 7) is 6.83. The van der Waals surface area contributed by atoms with E-state index in [1.54, 1.807) is 0 Å². The van der Waals surface area contributed by atoms with Gasteiger partial charge >= 0.3 is 0 Å². The fourth-order valence-electron chi connectivity index (χ4n) is 4.81. The minimum absolute atomic E-state index is 0.531. The molecule has 0 saturated carbocycles. The minimum Gasteiger partial charge on any atom is -0.358 e. The van der Waals surface area contributed by atoms with Crippen LogP contribution >= 0.6 is 12.2 Å². The fourth-order valence-corrected chi connectivity index (χ4v) is 4.98. The Labute approximate surface area is 207 Å². The minimum atomic E-state index is 0.531. The Hall–Kier alpha value is -3.19. The molecule has 1 saturated heterocycles. The molecule has 1 atom stereocenters. The van der Waals surface area contributed by atoms with Crippen LogP contribution in [0.4, 0.5) is 17.6 Å². The molecule has 2 aromatic carbocycles. The van der Waals surface area contributed by atoms with E-state index in [2.05, 4.69) is 69.8 Å². The van der Waals surface area contributed by atoms with Crippen molar-refractivity contribution in [3.05, 3.63) is 77.4 Å². The van der Waals surface area contributed by atoms with Crippen LogP contribution in [0.25, 0.3) is 0 Å². The van der Waals surface area contributed by atoms with E-state index in [-0.39, 0.29) is 0 Å². The highest BCUT2D eigenvalue weighted by Crippen LogP contribution is 2.29. The lowest BCUT2D eigenvalue weighted by atomic mass is 10.00. The number of thiocarbonyl (C=S) groups is 1. The maximum absolute atomic E-state index is 5.58. The number of benzene rings is 2. The lowest BCUT2D eigenvalue weighted by molar-refractivity contribution is 0.444. The zero-order valence-electron chi connectivity index (χ0n) is 19.7. The van der Waals surface area contributed by atoms with Gasteiger partial charge in [-0.3, -0.25) is 0 Å². The molecule has 0 spiro atoms. The number of nitrogens with one attached hydrogen (secondary N) is 2. The van der Waals surface area contributed by atoms with Crippen molar-refractivity contribution in [2.24, 2.45) is 5.92 Å². The molecule has 2 aliphatic heterocycles. The van der Waals surface area contributed by atoms with Gasteiger partial charge in [-0.1, -0.05) is 61.5 Å². The second-order valence-corrected chi connectivity index (χ2v) is 9.74. The molecule has 1 aromatic heterocycles. The van der Waals surface area contributed by atoms with Crippen molar-refractivity contribution in [2.75, 3.05) is 34.8 Å². The van der Waals surface area contributed by atoms with E-state index in [0.29, 0.717) is 23.5 Å². The lowest BCUT2D eigenvalue weighted by Gasteiger charge is -2.34. The van der Waals surface area contributed by atoms with Crippen LogP contribution in [0.5, 0.6) is 0 Å². The third kappa shape index (κ3) is 5.47. The Morgan fingerprint density at radius 3 is 2.50 bits per heavy atom. The third-order valence-electron chi connectivity index (χ3n) is 6.66. The molecule has 1 fully saturated rings. The summed E-state index contributed by atoms with van der Waals surface area (Å²) in [5, 5.41) is 7.06. The van der Waals surface area contributed by atoms with Crippen molar-refractivity contribution in [1.29, 1.82) is 0 Å². The van der Waals surface area contributed by atoms with Gasteiger partial charge in [0, 0.05) is 38.8 Å². The molecule has 176 valence electrons. The van der Waals surface area contributed by atoms with Gasteiger partial charge in [-0.2, -0.15) is 9.97 Å². The summed E-state index contributed by atoms with van der Waals surface area (Å²) in [7, 11) is 0. The second kappa shape index (κ2) is 10.4. The Morgan fingerprint density at radius 2 is 1.71 bits per heavy atom. The first-order valence-electron chi connectivity index (χ1n) is 12.2. The Morgan fingerprint density at radius 1 is 0.971 bits per heavy atom. The molecule has 2 N–H and O–H groups in total. The highest BCUT2D eigenvalue weighted by Gasteiger charge is 2.23. The quantitative estimate of drug-likeness (QED) is 0.519. The number of hydrogen-bond donors (Lipinski definition) is 2. The molecule has 3 heterocycles. The van der Waals surface area contributed by atoms with E-state index in [1.807, 2.05) is 18.2 Å². The first-order valence-corrected chi connectivity index (χ1v) is 12.6. The Balaban J connectivity index is 1.37. The second-order valence-electron chi connectivity index (χ2n) is 9.33. The third-order valence-corrected chi connectivity index (χ3v) is 6.90. The highest BCUT2D eigenvalue weighted by atomic mass is 32.1. The van der Waals surface area contributed by atoms with E-state index >= 15 is 0 Å². The highest BCUT2D eigenvalue weighted by molar-refractivity contribution is 7.80. The first-order chi connectivity index (χ1) is 16.6. The maximum atomic E-state index is 5.58. The molecular formula is C27H32N6S. The molecule has 0 aliphatic carbocycles. The topological polar surface area (TPSA) is 56.3 Å². The van der Waals surface area contributed by atoms with Crippen LogP contribution in [-0.4, -0.2) is 34.7 Å². The van der Waals surface area contributed by atoms with Crippen LogP contribution in [0.15, 0.2) is 60.7 Å². The monoisotopic (exact) mass is 472 g/mol. The Bertz CT molecular complexity index is 1130. The summed E-state index contributed by atoms with van der Waals surface area (Å²) in [6, 6.07) is 21.1. The van der Waals surface area contributed by atoms with Crippen molar-refractivity contribution in [2.45, 2.75) is 39.3 Å². The molecular weight excluding hydrogens is 440 g/mol. The molecule has 3 aromatic rings. The molecule has 6 nitrogen and oxygen atoms in total. The largest absolute Gasteiger partial charge is 0.358 e. The first kappa shape index (κ1) is 22.6. The van der Waals surface area contributed by atoms with E-state index in [9.17, 15) is 0 Å². The van der Waals surface area contributed by atoms with E-state index in [0.717, 1.165) is 44.2 Å². The van der Waals surface area contributed by atoms with Crippen molar-refractivity contribution < 1.29 is 0 Å². The summed E-state index contributed by atoms with van der Waals surface area (Å²) in [6.07, 6.45) is 3.49. The van der Waals surface area contributed by atoms with Gasteiger partial charge in [0.25, 0.3) is 0 Å². The normalized spacial score (nSPS) is 17.7. The molecule has 5 rings (SSSR count). The SMILES string of the molecule is C[C@@H]1CCCN(c2cc(N3CCc4ccccc4C3)nc(NC(=S)NCc3ccccc3)n2)C1. The number of aromatic nitrogens is 2. The van der Waals surface area contributed by atoms with Crippen LogP contribution in [0.1, 0.15) is 36.5 Å². The van der Waals surface area contributed by atoms with E-state index < -0.39 is 0 Å². The number of rotatable bonds is 5. The van der Waals surface area contributed by atoms with Gasteiger partial charge in [-0.15, -0.1) is 0 Å². The molecule has 34 heavy (non-hydrogen) atoms. The summed E-state index contributed by atoms with van der Waals surface area (Å²) in [4.78, 5) is 14.5. The lowest BCUT2D eigenvalue weighted by Crippen LogP contribution is -2.36. The summed E-state index contributed by atoms with van der Waals surface area (Å²) in [5.74, 6) is 3.14. The zero-order chi connectivity index (χ0) is 23.3. The van der Waals surface area contributed by atoms with E-state index in [1.165, 1.54) is 29.5 Å². The number of anilines is 3. The van der Waals surface area contributed by atoms with Crippen LogP contribution in [-0.2, 0) is 19.5 Å². The average Bonchev–Trinajstić information content (AvgIpc) is 2.87. The number of hydrogen-bond acceptors (Lipinski definition) is 5. The number of nitrogens with zero attached hydrogens (tertiary/aromatic N) is 4. The predicted molar refractivity (Wildman–Crippen MR) is 143 cm³/mol. The van der Waals surface area contributed by atoms with Crippen LogP contribution < -0.4 is 20.4 Å². The standard InChI is InChI=1S/C27H32N6S/c1-20-8-7-14-32(18-20)24-16-25(33-15-13-22-11-5-6-12-23(22)19-33)30-26(29-24)31-27(34)28-17-21-9-3-2-4-10-21/h2-6,9-12,16,20H,7-8,13-15,17-19H2,1H3,(H2,28,29,30,31,34)/t20-/m1/s1. The molecule has 0 radical (unpaired) electrons. The van der Waals surface area contributed by atoms with Gasteiger partial charge in [0.15, 0.2) is 5.11 Å². The summed E-state index contributed by atoms with van der Waals surface area (Å²) in [5.41, 5.74) is 3.98. The smallest absolute Gasteiger partial charge is 0.232 e.